The Morgan fingerprint density at radius 3 is 2.23 bits per heavy atom. The Kier molecular flexibility index (Phi) is 6.66. The number of carbonyl (C=O) groups excluding carboxylic acids is 1. The second-order valence-corrected chi connectivity index (χ2v) is 9.60. The van der Waals surface area contributed by atoms with E-state index < -0.39 is 27.7 Å². The predicted molar refractivity (Wildman–Crippen MR) is 110 cm³/mol. The normalized spacial score (nSPS) is 20.5. The number of hydrogen-bond donors (Lipinski definition) is 1. The molecule has 0 radical (unpaired) electrons. The van der Waals surface area contributed by atoms with Crippen molar-refractivity contribution in [3.63, 3.8) is 0 Å². The van der Waals surface area contributed by atoms with Gasteiger partial charge in [-0.25, -0.2) is 8.42 Å². The molecule has 1 amide bonds. The number of nitrogens with one attached hydrogen (secondary N) is 1. The van der Waals surface area contributed by atoms with E-state index in [2.05, 4.69) is 5.32 Å². The summed E-state index contributed by atoms with van der Waals surface area (Å²) in [5.41, 5.74) is -1.09. The van der Waals surface area contributed by atoms with Gasteiger partial charge in [-0.05, 0) is 56.3 Å². The molecule has 2 atom stereocenters. The minimum atomic E-state index is -4.59. The van der Waals surface area contributed by atoms with Gasteiger partial charge in [0.15, 0.2) is 0 Å². The standard InChI is InChI=1S/C20H20ClF3N2O4S/c1-12-10-26(11-13(2)30-12)31(28,29)16-6-3-14(4-7-16)19(27)25-18-9-15(20(22,23)24)5-8-17(18)21/h3-9,12-13H,10-11H2,1-2H3,(H,25,27)/t12-,13-/m1/s1. The number of sulfonamides is 1. The molecule has 6 nitrogen and oxygen atoms in total. The quantitative estimate of drug-likeness (QED) is 0.709. The Labute approximate surface area is 183 Å². The van der Waals surface area contributed by atoms with Gasteiger partial charge in [0.1, 0.15) is 0 Å². The van der Waals surface area contributed by atoms with Gasteiger partial charge in [0.2, 0.25) is 10.0 Å². The minimum Gasteiger partial charge on any atom is -0.373 e. The minimum absolute atomic E-state index is 0.00227. The highest BCUT2D eigenvalue weighted by atomic mass is 35.5. The van der Waals surface area contributed by atoms with Crippen LogP contribution in [0.15, 0.2) is 47.4 Å². The lowest BCUT2D eigenvalue weighted by Crippen LogP contribution is -2.48. The number of morpholine rings is 1. The largest absolute Gasteiger partial charge is 0.416 e. The summed E-state index contributed by atoms with van der Waals surface area (Å²) in [7, 11) is -3.78. The van der Waals surface area contributed by atoms with Gasteiger partial charge in [-0.15, -0.1) is 0 Å². The van der Waals surface area contributed by atoms with Gasteiger partial charge < -0.3 is 10.1 Å². The summed E-state index contributed by atoms with van der Waals surface area (Å²) >= 11 is 5.90. The van der Waals surface area contributed by atoms with Crippen molar-refractivity contribution in [2.24, 2.45) is 0 Å². The van der Waals surface area contributed by atoms with E-state index >= 15 is 0 Å². The summed E-state index contributed by atoms with van der Waals surface area (Å²) in [5.74, 6) is -0.723. The van der Waals surface area contributed by atoms with Gasteiger partial charge in [0.05, 0.1) is 33.4 Å². The van der Waals surface area contributed by atoms with Crippen LogP contribution >= 0.6 is 11.6 Å². The van der Waals surface area contributed by atoms with E-state index in [9.17, 15) is 26.4 Å². The second kappa shape index (κ2) is 8.78. The van der Waals surface area contributed by atoms with E-state index in [4.69, 9.17) is 16.3 Å². The van der Waals surface area contributed by atoms with E-state index in [0.717, 1.165) is 18.2 Å². The number of hydrogen-bond acceptors (Lipinski definition) is 4. The van der Waals surface area contributed by atoms with Crippen molar-refractivity contribution in [2.75, 3.05) is 18.4 Å². The number of alkyl halides is 3. The molecule has 0 aliphatic carbocycles. The van der Waals surface area contributed by atoms with Gasteiger partial charge in [0, 0.05) is 18.7 Å². The summed E-state index contributed by atoms with van der Waals surface area (Å²) in [6.45, 7) is 3.99. The molecule has 3 rings (SSSR count). The fourth-order valence-corrected chi connectivity index (χ4v) is 5.00. The second-order valence-electron chi connectivity index (χ2n) is 7.25. The fourth-order valence-electron chi connectivity index (χ4n) is 3.25. The predicted octanol–water partition coefficient (Wildman–Crippen LogP) is 4.41. The topological polar surface area (TPSA) is 75.7 Å². The SMILES string of the molecule is C[C@@H]1CN(S(=O)(=O)c2ccc(C(=O)Nc3cc(C(F)(F)F)ccc3Cl)cc2)C[C@@H](C)O1. The van der Waals surface area contributed by atoms with Gasteiger partial charge in [-0.2, -0.15) is 17.5 Å². The summed E-state index contributed by atoms with van der Waals surface area (Å²) in [6, 6.07) is 7.73. The maximum Gasteiger partial charge on any atom is 0.416 e. The van der Waals surface area contributed by atoms with Crippen LogP contribution in [0.5, 0.6) is 0 Å². The van der Waals surface area contributed by atoms with Crippen molar-refractivity contribution >= 4 is 33.2 Å². The molecular weight excluding hydrogens is 457 g/mol. The molecule has 1 saturated heterocycles. The molecule has 31 heavy (non-hydrogen) atoms. The van der Waals surface area contributed by atoms with Gasteiger partial charge in [-0.3, -0.25) is 4.79 Å². The van der Waals surface area contributed by atoms with Crippen molar-refractivity contribution in [1.29, 1.82) is 0 Å². The molecule has 1 aliphatic rings. The lowest BCUT2D eigenvalue weighted by molar-refractivity contribution is -0.137. The molecule has 11 heteroatoms. The smallest absolute Gasteiger partial charge is 0.373 e. The van der Waals surface area contributed by atoms with Crippen LogP contribution in [-0.4, -0.2) is 43.9 Å². The van der Waals surface area contributed by atoms with Gasteiger partial charge in [-0.1, -0.05) is 11.6 Å². The number of halogens is 4. The molecule has 0 saturated carbocycles. The van der Waals surface area contributed by atoms with E-state index in [0.29, 0.717) is 0 Å². The molecule has 0 bridgehead atoms. The van der Waals surface area contributed by atoms with Crippen LogP contribution in [-0.2, 0) is 20.9 Å². The summed E-state index contributed by atoms with van der Waals surface area (Å²) in [4.78, 5) is 12.5. The van der Waals surface area contributed by atoms with Crippen LogP contribution in [0.3, 0.4) is 0 Å². The molecule has 1 heterocycles. The number of ether oxygens (including phenoxy) is 1. The highest BCUT2D eigenvalue weighted by Crippen LogP contribution is 2.34. The van der Waals surface area contributed by atoms with Crippen molar-refractivity contribution in [2.45, 2.75) is 37.1 Å². The number of amides is 1. The zero-order valence-electron chi connectivity index (χ0n) is 16.6. The van der Waals surface area contributed by atoms with Crippen LogP contribution in [0.25, 0.3) is 0 Å². The van der Waals surface area contributed by atoms with Crippen LogP contribution in [0, 0.1) is 0 Å². The average Bonchev–Trinajstić information content (AvgIpc) is 2.68. The lowest BCUT2D eigenvalue weighted by Gasteiger charge is -2.34. The fraction of sp³-hybridized carbons (Fsp3) is 0.350. The van der Waals surface area contributed by atoms with Crippen molar-refractivity contribution in [3.05, 3.63) is 58.6 Å². The Morgan fingerprint density at radius 2 is 1.68 bits per heavy atom. The van der Waals surface area contributed by atoms with Crippen LogP contribution in [0.1, 0.15) is 29.8 Å². The number of rotatable bonds is 4. The third-order valence-electron chi connectivity index (χ3n) is 4.68. The molecule has 0 aromatic heterocycles. The average molecular weight is 477 g/mol. The molecule has 1 fully saturated rings. The van der Waals surface area contributed by atoms with Gasteiger partial charge >= 0.3 is 6.18 Å². The van der Waals surface area contributed by atoms with Crippen LogP contribution < -0.4 is 5.32 Å². The first kappa shape index (κ1) is 23.5. The van der Waals surface area contributed by atoms with Crippen LogP contribution in [0.2, 0.25) is 5.02 Å². The van der Waals surface area contributed by atoms with E-state index in [1.54, 1.807) is 13.8 Å². The van der Waals surface area contributed by atoms with Gasteiger partial charge in [0.25, 0.3) is 5.91 Å². The summed E-state index contributed by atoms with van der Waals surface area (Å²) < 4.78 is 71.3. The maximum absolute atomic E-state index is 12.9. The molecule has 2 aromatic carbocycles. The molecular formula is C20H20ClF3N2O4S. The Hall–Kier alpha value is -2.14. The molecule has 2 aromatic rings. The third kappa shape index (κ3) is 5.38. The molecule has 0 unspecified atom stereocenters. The Bertz CT molecular complexity index is 1060. The highest BCUT2D eigenvalue weighted by molar-refractivity contribution is 7.89. The van der Waals surface area contributed by atoms with Crippen molar-refractivity contribution in [3.8, 4) is 0 Å². The van der Waals surface area contributed by atoms with E-state index in [-0.39, 0.29) is 46.5 Å². The zero-order valence-corrected chi connectivity index (χ0v) is 18.2. The summed E-state index contributed by atoms with van der Waals surface area (Å²) in [5, 5.41) is 2.27. The third-order valence-corrected chi connectivity index (χ3v) is 6.86. The first-order chi connectivity index (χ1) is 14.4. The maximum atomic E-state index is 12.9. The Morgan fingerprint density at radius 1 is 1.10 bits per heavy atom. The van der Waals surface area contributed by atoms with Crippen LogP contribution in [0.4, 0.5) is 18.9 Å². The van der Waals surface area contributed by atoms with Crippen molar-refractivity contribution in [1.82, 2.24) is 4.31 Å². The molecule has 0 spiro atoms. The first-order valence-corrected chi connectivity index (χ1v) is 11.1. The first-order valence-electron chi connectivity index (χ1n) is 9.31. The number of anilines is 1. The monoisotopic (exact) mass is 476 g/mol. The number of benzene rings is 2. The molecule has 1 N–H and O–H groups in total. The number of nitrogens with zero attached hydrogens (tertiary/aromatic N) is 1. The highest BCUT2D eigenvalue weighted by Gasteiger charge is 2.33. The molecule has 168 valence electrons. The summed E-state index contributed by atoms with van der Waals surface area (Å²) in [6.07, 6.45) is -5.09. The Balaban J connectivity index is 1.78. The van der Waals surface area contributed by atoms with Crippen molar-refractivity contribution < 1.29 is 31.1 Å². The van der Waals surface area contributed by atoms with E-state index in [1.807, 2.05) is 0 Å². The lowest BCUT2D eigenvalue weighted by atomic mass is 10.1. The number of carbonyl (C=O) groups is 1. The van der Waals surface area contributed by atoms with E-state index in [1.165, 1.54) is 28.6 Å². The zero-order chi connectivity index (χ0) is 23.0. The molecule has 1 aliphatic heterocycles.